The molecule has 0 atom stereocenters. The lowest BCUT2D eigenvalue weighted by molar-refractivity contribution is 0.400. The molecule has 0 aliphatic heterocycles. The van der Waals surface area contributed by atoms with Crippen LogP contribution in [0.1, 0.15) is 11.6 Å². The molecule has 0 saturated heterocycles. The first-order chi connectivity index (χ1) is 12.2. The maximum Gasteiger partial charge on any atom is 0.224 e. The fourth-order valence-electron chi connectivity index (χ4n) is 2.77. The van der Waals surface area contributed by atoms with Crippen LogP contribution in [0, 0.1) is 0 Å². The molecule has 0 fully saturated rings. The molecule has 0 aliphatic carbocycles. The maximum atomic E-state index is 5.42. The van der Waals surface area contributed by atoms with E-state index in [9.17, 15) is 0 Å². The predicted octanol–water partition coefficient (Wildman–Crippen LogP) is 3.28. The Hall–Kier alpha value is -2.80. The molecule has 3 heterocycles. The third kappa shape index (κ3) is 3.10. The molecule has 0 unspecified atom stereocenters. The van der Waals surface area contributed by atoms with Crippen LogP contribution in [0.5, 0.6) is 5.88 Å². The molecular weight excluding hydrogens is 334 g/mol. The Morgan fingerprint density at radius 1 is 1.12 bits per heavy atom. The second-order valence-corrected chi connectivity index (χ2v) is 6.55. The van der Waals surface area contributed by atoms with Crippen LogP contribution in [0.3, 0.4) is 0 Å². The van der Waals surface area contributed by atoms with Gasteiger partial charge in [0.2, 0.25) is 5.88 Å². The molecule has 0 N–H and O–H groups in total. The van der Waals surface area contributed by atoms with Crippen molar-refractivity contribution in [2.75, 3.05) is 7.11 Å². The van der Waals surface area contributed by atoms with Crippen molar-refractivity contribution in [2.24, 2.45) is 7.05 Å². The molecule has 25 heavy (non-hydrogen) atoms. The summed E-state index contributed by atoms with van der Waals surface area (Å²) in [5.74, 6) is 2.36. The standard InChI is InChI=1S/C18H17N5OS/c1-23-11-14(18-19-9-10-25-18)21-16(23)8-7-15-20-13-6-4-3-5-12(13)17(22-15)24-2/h3-6,9-11H,7-8H2,1-2H3. The van der Waals surface area contributed by atoms with E-state index in [0.717, 1.165) is 39.7 Å². The number of thiazole rings is 1. The van der Waals surface area contributed by atoms with Gasteiger partial charge in [0.05, 0.1) is 18.0 Å². The highest BCUT2D eigenvalue weighted by Gasteiger charge is 2.12. The van der Waals surface area contributed by atoms with Crippen LogP contribution in [0.25, 0.3) is 21.6 Å². The van der Waals surface area contributed by atoms with Gasteiger partial charge >= 0.3 is 0 Å². The van der Waals surface area contributed by atoms with E-state index >= 15 is 0 Å². The van der Waals surface area contributed by atoms with Gasteiger partial charge in [-0.15, -0.1) is 11.3 Å². The van der Waals surface area contributed by atoms with Gasteiger partial charge in [-0.05, 0) is 12.1 Å². The van der Waals surface area contributed by atoms with Crippen molar-refractivity contribution >= 4 is 22.2 Å². The lowest BCUT2D eigenvalue weighted by Gasteiger charge is -2.07. The summed E-state index contributed by atoms with van der Waals surface area (Å²) in [5, 5.41) is 3.82. The van der Waals surface area contributed by atoms with Gasteiger partial charge in [-0.3, -0.25) is 0 Å². The molecule has 4 aromatic rings. The molecule has 126 valence electrons. The zero-order valence-corrected chi connectivity index (χ0v) is 14.8. The van der Waals surface area contributed by atoms with Crippen molar-refractivity contribution in [1.82, 2.24) is 24.5 Å². The molecule has 7 heteroatoms. The zero-order valence-electron chi connectivity index (χ0n) is 14.0. The van der Waals surface area contributed by atoms with E-state index in [2.05, 4.69) is 15.0 Å². The van der Waals surface area contributed by atoms with Crippen molar-refractivity contribution in [3.63, 3.8) is 0 Å². The van der Waals surface area contributed by atoms with Gasteiger partial charge in [0, 0.05) is 37.7 Å². The SMILES string of the molecule is COc1nc(CCc2nc(-c3nccs3)cn2C)nc2ccccc12. The van der Waals surface area contributed by atoms with Gasteiger partial charge in [0.1, 0.15) is 22.4 Å². The number of methoxy groups -OCH3 is 1. The Kier molecular flexibility index (Phi) is 4.15. The monoisotopic (exact) mass is 351 g/mol. The summed E-state index contributed by atoms with van der Waals surface area (Å²) in [7, 11) is 3.64. The number of rotatable bonds is 5. The molecule has 0 radical (unpaired) electrons. The van der Waals surface area contributed by atoms with Crippen LogP contribution in [0.2, 0.25) is 0 Å². The van der Waals surface area contributed by atoms with E-state index in [4.69, 9.17) is 9.72 Å². The fraction of sp³-hybridized carbons (Fsp3) is 0.222. The number of fused-ring (bicyclic) bond motifs is 1. The Labute approximate surface area is 149 Å². The average Bonchev–Trinajstić information content (AvgIpc) is 3.29. The van der Waals surface area contributed by atoms with Crippen molar-refractivity contribution in [1.29, 1.82) is 0 Å². The number of hydrogen-bond donors (Lipinski definition) is 0. The first kappa shape index (κ1) is 15.7. The van der Waals surface area contributed by atoms with E-state index in [1.807, 2.05) is 47.5 Å². The van der Waals surface area contributed by atoms with E-state index < -0.39 is 0 Å². The summed E-state index contributed by atoms with van der Waals surface area (Å²) in [4.78, 5) is 18.2. The molecule has 0 saturated carbocycles. The highest BCUT2D eigenvalue weighted by Crippen LogP contribution is 2.23. The van der Waals surface area contributed by atoms with Crippen LogP contribution in [0.15, 0.2) is 42.0 Å². The average molecular weight is 351 g/mol. The number of ether oxygens (including phenoxy) is 1. The summed E-state index contributed by atoms with van der Waals surface area (Å²) in [5.41, 5.74) is 1.80. The third-order valence-electron chi connectivity index (χ3n) is 4.00. The summed E-state index contributed by atoms with van der Waals surface area (Å²) in [6, 6.07) is 7.88. The van der Waals surface area contributed by atoms with E-state index in [-0.39, 0.29) is 0 Å². The van der Waals surface area contributed by atoms with Crippen LogP contribution in [-0.4, -0.2) is 31.6 Å². The zero-order chi connectivity index (χ0) is 17.2. The molecular formula is C18H17N5OS. The molecule has 1 aromatic carbocycles. The van der Waals surface area contributed by atoms with Gasteiger partial charge in [0.25, 0.3) is 0 Å². The van der Waals surface area contributed by atoms with Gasteiger partial charge in [0.15, 0.2) is 0 Å². The van der Waals surface area contributed by atoms with Crippen molar-refractivity contribution in [2.45, 2.75) is 12.8 Å². The lowest BCUT2D eigenvalue weighted by Crippen LogP contribution is -2.04. The molecule has 0 amide bonds. The largest absolute Gasteiger partial charge is 0.480 e. The predicted molar refractivity (Wildman–Crippen MR) is 97.8 cm³/mol. The second kappa shape index (κ2) is 6.60. The number of imidazole rings is 1. The Bertz CT molecular complexity index is 1010. The number of hydrogen-bond acceptors (Lipinski definition) is 6. The minimum absolute atomic E-state index is 0.615. The minimum Gasteiger partial charge on any atom is -0.480 e. The van der Waals surface area contributed by atoms with Gasteiger partial charge < -0.3 is 9.30 Å². The third-order valence-corrected chi connectivity index (χ3v) is 4.80. The summed E-state index contributed by atoms with van der Waals surface area (Å²) in [6.07, 6.45) is 5.26. The maximum absolute atomic E-state index is 5.42. The second-order valence-electron chi connectivity index (χ2n) is 5.66. The number of para-hydroxylation sites is 1. The highest BCUT2D eigenvalue weighted by molar-refractivity contribution is 7.13. The number of aryl methyl sites for hydroxylation is 3. The molecule has 6 nitrogen and oxygen atoms in total. The molecule has 0 spiro atoms. The Morgan fingerprint density at radius 2 is 2.00 bits per heavy atom. The Morgan fingerprint density at radius 3 is 2.80 bits per heavy atom. The lowest BCUT2D eigenvalue weighted by atomic mass is 10.2. The minimum atomic E-state index is 0.615. The first-order valence-corrected chi connectivity index (χ1v) is 8.84. The first-order valence-electron chi connectivity index (χ1n) is 7.96. The van der Waals surface area contributed by atoms with E-state index in [1.54, 1.807) is 24.6 Å². The summed E-state index contributed by atoms with van der Waals surface area (Å²) >= 11 is 1.59. The van der Waals surface area contributed by atoms with Crippen molar-refractivity contribution in [3.05, 3.63) is 53.7 Å². The van der Waals surface area contributed by atoms with E-state index in [0.29, 0.717) is 12.3 Å². The van der Waals surface area contributed by atoms with E-state index in [1.165, 1.54) is 0 Å². The quantitative estimate of drug-likeness (QED) is 0.552. The van der Waals surface area contributed by atoms with Gasteiger partial charge in [-0.25, -0.2) is 15.0 Å². The van der Waals surface area contributed by atoms with Crippen molar-refractivity contribution < 1.29 is 4.74 Å². The normalized spacial score (nSPS) is 11.1. The number of aromatic nitrogens is 5. The van der Waals surface area contributed by atoms with Crippen LogP contribution in [-0.2, 0) is 19.9 Å². The number of benzene rings is 1. The van der Waals surface area contributed by atoms with Crippen LogP contribution >= 0.6 is 11.3 Å². The summed E-state index contributed by atoms with van der Waals surface area (Å²) < 4.78 is 7.45. The van der Waals surface area contributed by atoms with Gasteiger partial charge in [-0.1, -0.05) is 12.1 Å². The van der Waals surface area contributed by atoms with Gasteiger partial charge in [-0.2, -0.15) is 4.98 Å². The number of nitrogens with zero attached hydrogens (tertiary/aromatic N) is 5. The van der Waals surface area contributed by atoms with Crippen LogP contribution < -0.4 is 4.74 Å². The van der Waals surface area contributed by atoms with Crippen LogP contribution in [0.4, 0.5) is 0 Å². The molecule has 0 aliphatic rings. The highest BCUT2D eigenvalue weighted by atomic mass is 32.1. The Balaban J connectivity index is 1.58. The van der Waals surface area contributed by atoms with Crippen molar-refractivity contribution in [3.8, 4) is 16.6 Å². The topological polar surface area (TPSA) is 65.7 Å². The molecule has 4 rings (SSSR count). The summed E-state index contributed by atoms with van der Waals surface area (Å²) in [6.45, 7) is 0. The molecule has 3 aromatic heterocycles. The fourth-order valence-corrected chi connectivity index (χ4v) is 3.37. The molecule has 0 bridgehead atoms. The smallest absolute Gasteiger partial charge is 0.224 e.